The molecule has 0 amide bonds. The number of allylic oxidation sites excluding steroid dienone is 1. The molecule has 2 nitrogen and oxygen atoms in total. The molecular formula is C139H164N2. The van der Waals surface area contributed by atoms with Crippen LogP contribution in [0, 0.1) is 41.4 Å². The molecule has 141 heavy (non-hydrogen) atoms. The van der Waals surface area contributed by atoms with Gasteiger partial charge in [-0.25, -0.2) is 4.98 Å². The van der Waals surface area contributed by atoms with Crippen molar-refractivity contribution >= 4 is 71.0 Å². The van der Waals surface area contributed by atoms with Crippen LogP contribution in [-0.4, -0.2) is 9.97 Å². The standard InChI is InChI=1S/2C22H24.C21H28.C19H22N2.C18H22.2C18H20.CH4/c2*1-15(2)17-9-11-18(12-10-17)20-14-13-19(16(3)4)21-7-5-6-8-22(20)21;1-16(2)20-12-8-18(9-13-20)6-5-7-19-10-14-21(15-11-19)17(3)4;1-12(2)14-5-7-15(8-6-14)17-10-9-16(13(3)4)18-19(17)21-11-20-18;2*1-13(2)5-6-15-7-8-18-12-16(14(3)4)9-10-17(18)11-15;1-13(2)9-10-15-11-12-16(14(3)4)18-8-6-5-7-17(15)18;/h2*5-16H,1-4H3;8-17H,5-7H2,1-4H3;5-13H,1-4H3,(H,20,21);5-14H,1-4H3;7-14H,1-4H3;5-8,11-14H,1-4H3;1H4/b;;;;6-5+;;;. The number of benzene rings is 16. The van der Waals surface area contributed by atoms with Crippen molar-refractivity contribution < 1.29 is 0 Å². The number of imidazole rings is 1. The minimum absolute atomic E-state index is 0. The van der Waals surface area contributed by atoms with Crippen molar-refractivity contribution in [2.75, 3.05) is 0 Å². The molecule has 1 heterocycles. The van der Waals surface area contributed by atoms with Gasteiger partial charge in [0.05, 0.1) is 17.4 Å². The Labute approximate surface area is 852 Å². The minimum Gasteiger partial charge on any atom is -0.344 e. The van der Waals surface area contributed by atoms with E-state index in [1.165, 1.54) is 184 Å². The number of aryl methyl sites for hydroxylation is 2. The maximum Gasteiger partial charge on any atom is 0.0932 e. The van der Waals surface area contributed by atoms with Gasteiger partial charge < -0.3 is 4.98 Å². The molecule has 0 aliphatic carbocycles. The van der Waals surface area contributed by atoms with Crippen molar-refractivity contribution in [1.82, 2.24) is 9.97 Å². The molecule has 17 aromatic rings. The number of rotatable bonds is 20. The van der Waals surface area contributed by atoms with E-state index in [4.69, 9.17) is 0 Å². The predicted octanol–water partition coefficient (Wildman–Crippen LogP) is 41.3. The number of aromatic nitrogens is 2. The lowest BCUT2D eigenvalue weighted by atomic mass is 9.90. The second-order valence-corrected chi connectivity index (χ2v) is 42.6. The molecule has 0 saturated heterocycles. The average Bonchev–Trinajstić information content (AvgIpc) is 1.74. The monoisotopic (exact) mass is 1860 g/mol. The Balaban J connectivity index is 0.000000169. The van der Waals surface area contributed by atoms with E-state index >= 15 is 0 Å². The molecule has 0 spiro atoms. The summed E-state index contributed by atoms with van der Waals surface area (Å²) in [7, 11) is 0. The first-order valence-corrected chi connectivity index (χ1v) is 52.3. The number of fused-ring (bicyclic) bond motifs is 6. The van der Waals surface area contributed by atoms with E-state index in [9.17, 15) is 0 Å². The van der Waals surface area contributed by atoms with Crippen molar-refractivity contribution in [3.8, 4) is 57.1 Å². The third-order valence-corrected chi connectivity index (χ3v) is 26.6. The van der Waals surface area contributed by atoms with Gasteiger partial charge in [0, 0.05) is 28.5 Å². The molecule has 0 aliphatic rings. The van der Waals surface area contributed by atoms with E-state index in [0.29, 0.717) is 82.9 Å². The first-order chi connectivity index (χ1) is 67.0. The van der Waals surface area contributed by atoms with Crippen LogP contribution in [0.2, 0.25) is 0 Å². The smallest absolute Gasteiger partial charge is 0.0932 e. The molecule has 0 fully saturated rings. The zero-order valence-electron chi connectivity index (χ0n) is 89.9. The molecule has 0 saturated carbocycles. The summed E-state index contributed by atoms with van der Waals surface area (Å²) in [5.74, 6) is 20.7. The Morgan fingerprint density at radius 3 is 0.979 bits per heavy atom. The highest BCUT2D eigenvalue weighted by Crippen LogP contribution is 2.39. The highest BCUT2D eigenvalue weighted by molar-refractivity contribution is 6.01. The van der Waals surface area contributed by atoms with Gasteiger partial charge in [-0.05, 0) is 274 Å². The normalized spacial score (nSPS) is 11.3. The van der Waals surface area contributed by atoms with Crippen molar-refractivity contribution in [2.24, 2.45) is 17.8 Å². The molecule has 0 bridgehead atoms. The molecule has 0 atom stereocenters. The van der Waals surface area contributed by atoms with Gasteiger partial charge in [0.15, 0.2) is 0 Å². The van der Waals surface area contributed by atoms with Gasteiger partial charge in [-0.2, -0.15) is 0 Å². The molecule has 2 heteroatoms. The van der Waals surface area contributed by atoms with Gasteiger partial charge >= 0.3 is 0 Å². The second-order valence-electron chi connectivity index (χ2n) is 42.6. The SMILES string of the molecule is C.CC(C)/C=C/c1ccc2cc(C(C)C)ccc2c1.CC(C)C#Cc1ccc(C(C)C)c2ccccc12.CC(C)C#Cc1ccc2cc(C(C)C)ccc2c1.CC(C)c1ccc(-c2ccc(C(C)C)c3ccccc23)cc1.CC(C)c1ccc(-c2ccc(C(C)C)c3ccccc23)cc1.CC(C)c1ccc(-c2ccc(C(C)C)c3nc[nH]c23)cc1.CC(C)c1ccc(CCCc2ccc(C(C)C)cc2)cc1. The van der Waals surface area contributed by atoms with Crippen LogP contribution in [0.4, 0.5) is 0 Å². The van der Waals surface area contributed by atoms with Crippen LogP contribution in [0.15, 0.2) is 328 Å². The van der Waals surface area contributed by atoms with Crippen molar-refractivity contribution in [3.63, 3.8) is 0 Å². The summed E-state index contributed by atoms with van der Waals surface area (Å²) in [6.45, 7) is 62.1. The molecule has 16 aromatic carbocycles. The van der Waals surface area contributed by atoms with E-state index < -0.39 is 0 Å². The fraction of sp³-hybridized carbons (Fsp3) is 0.331. The van der Waals surface area contributed by atoms with Crippen LogP contribution in [-0.2, 0) is 12.8 Å². The van der Waals surface area contributed by atoms with Gasteiger partial charge in [-0.15, -0.1) is 0 Å². The summed E-state index contributed by atoms with van der Waals surface area (Å²) in [4.78, 5) is 7.82. The van der Waals surface area contributed by atoms with E-state index in [-0.39, 0.29) is 7.43 Å². The van der Waals surface area contributed by atoms with E-state index in [0.717, 1.165) is 22.2 Å². The Hall–Kier alpha value is -12.9. The highest BCUT2D eigenvalue weighted by Gasteiger charge is 2.18. The summed E-state index contributed by atoms with van der Waals surface area (Å²) >= 11 is 0. The largest absolute Gasteiger partial charge is 0.344 e. The topological polar surface area (TPSA) is 28.7 Å². The van der Waals surface area contributed by atoms with E-state index in [1.807, 2.05) is 0 Å². The van der Waals surface area contributed by atoms with Gasteiger partial charge in [0.25, 0.3) is 0 Å². The van der Waals surface area contributed by atoms with Crippen molar-refractivity contribution in [1.29, 1.82) is 0 Å². The van der Waals surface area contributed by atoms with E-state index in [2.05, 4.69) is 555 Å². The molecule has 1 aromatic heterocycles. The first kappa shape index (κ1) is 110. The van der Waals surface area contributed by atoms with Gasteiger partial charge in [0.1, 0.15) is 0 Å². The Morgan fingerprint density at radius 1 is 0.270 bits per heavy atom. The van der Waals surface area contributed by atoms with E-state index in [1.54, 1.807) is 6.33 Å². The summed E-state index contributed by atoms with van der Waals surface area (Å²) in [6, 6.07) is 116. The molecule has 17 rings (SSSR count). The summed E-state index contributed by atoms with van der Waals surface area (Å²) in [5, 5.41) is 13.3. The Morgan fingerprint density at radius 2 is 0.589 bits per heavy atom. The maximum absolute atomic E-state index is 4.52. The van der Waals surface area contributed by atoms with Crippen LogP contribution in [0.3, 0.4) is 0 Å². The third-order valence-electron chi connectivity index (χ3n) is 26.6. The number of nitrogens with one attached hydrogen (secondary N) is 1. The van der Waals surface area contributed by atoms with Crippen LogP contribution >= 0.6 is 0 Å². The maximum atomic E-state index is 4.52. The van der Waals surface area contributed by atoms with Crippen molar-refractivity contribution in [3.05, 3.63) is 417 Å². The number of aromatic amines is 1. The predicted molar refractivity (Wildman–Crippen MR) is 626 cm³/mol. The first-order valence-electron chi connectivity index (χ1n) is 52.3. The van der Waals surface area contributed by atoms with Crippen LogP contribution in [0.1, 0.15) is 362 Å². The molecule has 0 radical (unpaired) electrons. The number of nitrogens with zero attached hydrogens (tertiary/aromatic N) is 1. The van der Waals surface area contributed by atoms with Crippen molar-refractivity contribution in [2.45, 2.75) is 286 Å². The van der Waals surface area contributed by atoms with Gasteiger partial charge in [0.2, 0.25) is 0 Å². The third kappa shape index (κ3) is 31.1. The fourth-order valence-corrected chi connectivity index (χ4v) is 17.8. The molecular weight excluding hydrogens is 1700 g/mol. The number of H-pyrrole nitrogens is 1. The lowest BCUT2D eigenvalue weighted by molar-refractivity contribution is 0.813. The highest BCUT2D eigenvalue weighted by atomic mass is 14.9. The second kappa shape index (κ2) is 53.1. The minimum atomic E-state index is 0. The molecule has 0 unspecified atom stereocenters. The molecule has 0 aliphatic heterocycles. The van der Waals surface area contributed by atoms with Crippen LogP contribution < -0.4 is 0 Å². The summed E-state index contributed by atoms with van der Waals surface area (Å²) in [6.07, 6.45) is 9.81. The lowest BCUT2D eigenvalue weighted by Gasteiger charge is -2.14. The number of hydrogen-bond donors (Lipinski definition) is 1. The summed E-state index contributed by atoms with van der Waals surface area (Å²) in [5.41, 5.74) is 31.8. The van der Waals surface area contributed by atoms with Gasteiger partial charge in [-0.3, -0.25) is 0 Å². The Bertz CT molecular complexity index is 6790. The fourth-order valence-electron chi connectivity index (χ4n) is 17.8. The van der Waals surface area contributed by atoms with Gasteiger partial charge in [-0.1, -0.05) is 528 Å². The van der Waals surface area contributed by atoms with Crippen LogP contribution in [0.5, 0.6) is 0 Å². The zero-order chi connectivity index (χ0) is 101. The average molecular weight is 1860 g/mol. The molecule has 1 N–H and O–H groups in total. The van der Waals surface area contributed by atoms with Crippen LogP contribution in [0.25, 0.3) is 104 Å². The molecule has 730 valence electrons. The lowest BCUT2D eigenvalue weighted by Crippen LogP contribution is -1.93. The zero-order valence-corrected chi connectivity index (χ0v) is 89.9. The number of hydrogen-bond acceptors (Lipinski definition) is 1. The quantitative estimate of drug-likeness (QED) is 0.0757. The Kier molecular flexibility index (Phi) is 41.5. The summed E-state index contributed by atoms with van der Waals surface area (Å²) < 4.78 is 0.